The van der Waals surface area contributed by atoms with Gasteiger partial charge in [0.2, 0.25) is 11.8 Å². The normalized spacial score (nSPS) is 22.5. The minimum Gasteiger partial charge on any atom is -0.491 e. The van der Waals surface area contributed by atoms with Crippen LogP contribution in [0, 0.1) is 0 Å². The van der Waals surface area contributed by atoms with Crippen molar-refractivity contribution >= 4 is 17.7 Å². The Morgan fingerprint density at radius 1 is 1.24 bits per heavy atom. The predicted molar refractivity (Wildman–Crippen MR) is 128 cm³/mol. The molecule has 3 amide bonds. The Balaban J connectivity index is 1.41. The summed E-state index contributed by atoms with van der Waals surface area (Å²) in [5, 5.41) is 15.3. The zero-order chi connectivity index (χ0) is 26.6. The van der Waals surface area contributed by atoms with Crippen molar-refractivity contribution in [3.8, 4) is 0 Å². The van der Waals surface area contributed by atoms with E-state index in [4.69, 9.17) is 9.47 Å². The van der Waals surface area contributed by atoms with Gasteiger partial charge in [-0.1, -0.05) is 24.3 Å². The number of ether oxygens (including phenoxy) is 2. The van der Waals surface area contributed by atoms with Gasteiger partial charge in [0.25, 0.3) is 5.91 Å². The lowest BCUT2D eigenvalue weighted by atomic mass is 10.0. The number of rotatable bonds is 9. The molecule has 1 aromatic rings. The van der Waals surface area contributed by atoms with Crippen LogP contribution in [0.1, 0.15) is 55.0 Å². The summed E-state index contributed by atoms with van der Waals surface area (Å²) in [5.41, 5.74) is 1.44. The number of benzene rings is 1. The minimum absolute atomic E-state index is 0.00485. The lowest BCUT2D eigenvalue weighted by Gasteiger charge is -2.31. The van der Waals surface area contributed by atoms with E-state index < -0.39 is 35.6 Å². The highest BCUT2D eigenvalue weighted by Crippen LogP contribution is 2.36. The van der Waals surface area contributed by atoms with Gasteiger partial charge in [-0.2, -0.15) is 8.78 Å². The van der Waals surface area contributed by atoms with Crippen molar-refractivity contribution in [1.29, 1.82) is 0 Å². The van der Waals surface area contributed by atoms with Gasteiger partial charge in [0.15, 0.2) is 0 Å². The number of carbonyl (C=O) groups excluding carboxylic acids is 3. The van der Waals surface area contributed by atoms with Gasteiger partial charge in [0.1, 0.15) is 18.6 Å². The number of fused-ring (bicyclic) bond motifs is 1. The van der Waals surface area contributed by atoms with Crippen LogP contribution in [0.15, 0.2) is 41.7 Å². The summed E-state index contributed by atoms with van der Waals surface area (Å²) in [6.45, 7) is 0.429. The second-order valence-corrected chi connectivity index (χ2v) is 9.26. The summed E-state index contributed by atoms with van der Waals surface area (Å²) < 4.78 is 40.8. The van der Waals surface area contributed by atoms with Gasteiger partial charge >= 0.3 is 5.92 Å². The van der Waals surface area contributed by atoms with E-state index in [9.17, 15) is 19.5 Å². The van der Waals surface area contributed by atoms with Crippen molar-refractivity contribution in [2.24, 2.45) is 0 Å². The lowest BCUT2D eigenvalue weighted by molar-refractivity contribution is -0.142. The number of aliphatic hydroxyl groups is 1. The molecule has 2 unspecified atom stereocenters. The van der Waals surface area contributed by atoms with E-state index in [1.54, 1.807) is 29.2 Å². The quantitative estimate of drug-likeness (QED) is 0.338. The molecule has 2 aliphatic heterocycles. The standard InChI is InChI=1S/C26H31F2N3O6/c1-36-11-12-37-21-6-4-2-3-5-19(21)26(27,28)25(35)29-14-16-7-8-18-17(13-16)15-31(24(18)34)20-9-10-22(32)30-23(20)33/h5-8,13,20,24,34H,2-4,9-12,14-15H2,1H3,(H,29,35)(H,30,32,33). The maximum atomic E-state index is 15.2. The summed E-state index contributed by atoms with van der Waals surface area (Å²) in [6.07, 6.45) is 4.04. The number of alkyl halides is 2. The smallest absolute Gasteiger partial charge is 0.352 e. The Labute approximate surface area is 213 Å². The number of allylic oxidation sites excluding steroid dienone is 3. The monoisotopic (exact) mass is 519 g/mol. The van der Waals surface area contributed by atoms with E-state index in [0.717, 1.165) is 5.56 Å². The largest absolute Gasteiger partial charge is 0.491 e. The maximum Gasteiger partial charge on any atom is 0.352 e. The van der Waals surface area contributed by atoms with Crippen molar-refractivity contribution in [2.45, 2.75) is 63.4 Å². The molecule has 1 aromatic carbocycles. The molecular formula is C26H31F2N3O6. The predicted octanol–water partition coefficient (Wildman–Crippen LogP) is 2.21. The molecule has 0 radical (unpaired) electrons. The van der Waals surface area contributed by atoms with Crippen molar-refractivity contribution in [2.75, 3.05) is 20.3 Å². The average molecular weight is 520 g/mol. The number of hydrogen-bond donors (Lipinski definition) is 3. The molecule has 9 nitrogen and oxygen atoms in total. The number of nitrogens with one attached hydrogen (secondary N) is 2. The van der Waals surface area contributed by atoms with Crippen LogP contribution in [0.25, 0.3) is 0 Å². The Bertz CT molecular complexity index is 1120. The number of amides is 3. The molecule has 0 saturated carbocycles. The molecular weight excluding hydrogens is 488 g/mol. The third-order valence-corrected chi connectivity index (χ3v) is 6.74. The highest BCUT2D eigenvalue weighted by atomic mass is 19.3. The second-order valence-electron chi connectivity index (χ2n) is 9.26. The number of carbonyl (C=O) groups is 3. The Morgan fingerprint density at radius 2 is 2.03 bits per heavy atom. The van der Waals surface area contributed by atoms with Gasteiger partial charge < -0.3 is 19.9 Å². The molecule has 2 heterocycles. The van der Waals surface area contributed by atoms with Gasteiger partial charge in [-0.15, -0.1) is 0 Å². The SMILES string of the molecule is COCCOC1=CCCCC=C1C(F)(F)C(=O)NCc1ccc2c(c1)CN(C1CCC(=O)NC1=O)C2O. The zero-order valence-electron chi connectivity index (χ0n) is 20.6. The van der Waals surface area contributed by atoms with E-state index in [0.29, 0.717) is 36.8 Å². The van der Waals surface area contributed by atoms with Crippen molar-refractivity contribution in [3.05, 3.63) is 58.4 Å². The van der Waals surface area contributed by atoms with Crippen LogP contribution in [0.2, 0.25) is 0 Å². The lowest BCUT2D eigenvalue weighted by Crippen LogP contribution is -2.51. The molecule has 3 N–H and O–H groups in total. The highest BCUT2D eigenvalue weighted by Gasteiger charge is 2.45. The molecule has 200 valence electrons. The highest BCUT2D eigenvalue weighted by molar-refractivity contribution is 6.00. The van der Waals surface area contributed by atoms with Crippen LogP contribution in [-0.4, -0.2) is 60.0 Å². The molecule has 11 heteroatoms. The van der Waals surface area contributed by atoms with Crippen LogP contribution >= 0.6 is 0 Å². The molecule has 1 saturated heterocycles. The third-order valence-electron chi connectivity index (χ3n) is 6.74. The van der Waals surface area contributed by atoms with Crippen LogP contribution in [0.3, 0.4) is 0 Å². The van der Waals surface area contributed by atoms with Crippen LogP contribution in [-0.2, 0) is 36.9 Å². The number of halogens is 2. The van der Waals surface area contributed by atoms with Crippen molar-refractivity contribution < 1.29 is 37.7 Å². The van der Waals surface area contributed by atoms with E-state index >= 15 is 8.78 Å². The van der Waals surface area contributed by atoms with Crippen molar-refractivity contribution in [3.63, 3.8) is 0 Å². The van der Waals surface area contributed by atoms with Crippen molar-refractivity contribution in [1.82, 2.24) is 15.5 Å². The van der Waals surface area contributed by atoms with Crippen LogP contribution in [0.5, 0.6) is 0 Å². The van der Waals surface area contributed by atoms with Gasteiger partial charge in [-0.05, 0) is 48.4 Å². The first kappa shape index (κ1) is 26.9. The first-order valence-electron chi connectivity index (χ1n) is 12.3. The van der Waals surface area contributed by atoms with E-state index in [1.807, 2.05) is 0 Å². The van der Waals surface area contributed by atoms with E-state index in [2.05, 4.69) is 10.6 Å². The summed E-state index contributed by atoms with van der Waals surface area (Å²) >= 11 is 0. The molecule has 3 aliphatic rings. The summed E-state index contributed by atoms with van der Waals surface area (Å²) in [6, 6.07) is 4.36. The molecule has 0 bridgehead atoms. The summed E-state index contributed by atoms with van der Waals surface area (Å²) in [4.78, 5) is 37.9. The number of aliphatic hydroxyl groups excluding tert-OH is 1. The van der Waals surface area contributed by atoms with Gasteiger partial charge in [0, 0.05) is 26.6 Å². The fourth-order valence-corrected chi connectivity index (χ4v) is 4.78. The van der Waals surface area contributed by atoms with Gasteiger partial charge in [-0.3, -0.25) is 24.6 Å². The Morgan fingerprint density at radius 3 is 2.78 bits per heavy atom. The number of hydrogen-bond acceptors (Lipinski definition) is 7. The fourth-order valence-electron chi connectivity index (χ4n) is 4.78. The van der Waals surface area contributed by atoms with E-state index in [1.165, 1.54) is 13.2 Å². The number of imide groups is 1. The first-order chi connectivity index (χ1) is 17.7. The Hall–Kier alpha value is -3.15. The number of nitrogens with zero attached hydrogens (tertiary/aromatic N) is 1. The van der Waals surface area contributed by atoms with Crippen LogP contribution in [0.4, 0.5) is 8.78 Å². The van der Waals surface area contributed by atoms with E-state index in [-0.39, 0.29) is 44.4 Å². The average Bonchev–Trinajstić information content (AvgIpc) is 3.02. The molecule has 2 atom stereocenters. The molecule has 4 rings (SSSR count). The number of piperidine rings is 1. The van der Waals surface area contributed by atoms with Gasteiger partial charge in [0.05, 0.1) is 18.2 Å². The summed E-state index contributed by atoms with van der Waals surface area (Å²) in [5.74, 6) is -6.03. The topological polar surface area (TPSA) is 117 Å². The third kappa shape index (κ3) is 5.89. The second kappa shape index (κ2) is 11.5. The maximum absolute atomic E-state index is 15.2. The Kier molecular flexibility index (Phi) is 8.35. The molecule has 1 fully saturated rings. The summed E-state index contributed by atoms with van der Waals surface area (Å²) in [7, 11) is 1.48. The van der Waals surface area contributed by atoms with Gasteiger partial charge in [-0.25, -0.2) is 0 Å². The molecule has 0 spiro atoms. The van der Waals surface area contributed by atoms with Crippen LogP contribution < -0.4 is 10.6 Å². The minimum atomic E-state index is -3.79. The molecule has 0 aromatic heterocycles. The first-order valence-corrected chi connectivity index (χ1v) is 12.3. The fraction of sp³-hybridized carbons (Fsp3) is 0.500. The molecule has 37 heavy (non-hydrogen) atoms. The molecule has 1 aliphatic carbocycles. The zero-order valence-corrected chi connectivity index (χ0v) is 20.6. The number of methoxy groups -OCH3 is 1.